The number of nitrogen functional groups attached to an aromatic ring is 1. The standard InChI is InChI=1S/C26H23BrFN5O2/c1-16-25(34)32(15-14-17-2-10-21(29)11-3-17)26(35-16)24-23(18-4-8-20(28)9-5-18)30-33(31-24)22-12-6-19(27)7-13-22/h2-13,16,26H,14-15,29H2,1H3/t16-,26+/m0/s1. The Morgan fingerprint density at radius 2 is 1.69 bits per heavy atom. The van der Waals surface area contributed by atoms with Gasteiger partial charge in [-0.05, 0) is 79.6 Å². The third kappa shape index (κ3) is 4.82. The average Bonchev–Trinajstić information content (AvgIpc) is 3.41. The van der Waals surface area contributed by atoms with Gasteiger partial charge in [-0.15, -0.1) is 10.2 Å². The van der Waals surface area contributed by atoms with E-state index in [1.54, 1.807) is 24.0 Å². The summed E-state index contributed by atoms with van der Waals surface area (Å²) in [6.45, 7) is 2.17. The van der Waals surface area contributed by atoms with Crippen LogP contribution >= 0.6 is 15.9 Å². The van der Waals surface area contributed by atoms with Crippen molar-refractivity contribution in [2.75, 3.05) is 12.3 Å². The summed E-state index contributed by atoms with van der Waals surface area (Å²) in [4.78, 5) is 16.2. The van der Waals surface area contributed by atoms with E-state index in [0.717, 1.165) is 15.7 Å². The number of amides is 1. The van der Waals surface area contributed by atoms with E-state index in [2.05, 4.69) is 15.9 Å². The van der Waals surface area contributed by atoms with Gasteiger partial charge in [0.15, 0.2) is 6.23 Å². The normalized spacial score (nSPS) is 17.8. The summed E-state index contributed by atoms with van der Waals surface area (Å²) < 4.78 is 20.7. The molecular formula is C26H23BrFN5O2. The number of nitrogens with zero attached hydrogens (tertiary/aromatic N) is 4. The number of ether oxygens (including phenoxy) is 1. The van der Waals surface area contributed by atoms with E-state index in [4.69, 9.17) is 20.7 Å². The van der Waals surface area contributed by atoms with Gasteiger partial charge in [-0.2, -0.15) is 4.80 Å². The lowest BCUT2D eigenvalue weighted by Crippen LogP contribution is -2.32. The molecule has 0 bridgehead atoms. The van der Waals surface area contributed by atoms with Gasteiger partial charge in [0.2, 0.25) is 0 Å². The quantitative estimate of drug-likeness (QED) is 0.354. The molecular weight excluding hydrogens is 513 g/mol. The van der Waals surface area contributed by atoms with E-state index in [1.165, 1.54) is 16.9 Å². The Balaban J connectivity index is 1.53. The summed E-state index contributed by atoms with van der Waals surface area (Å²) >= 11 is 3.44. The van der Waals surface area contributed by atoms with Crippen molar-refractivity contribution in [2.24, 2.45) is 0 Å². The molecule has 9 heteroatoms. The summed E-state index contributed by atoms with van der Waals surface area (Å²) in [6.07, 6.45) is -0.716. The first-order chi connectivity index (χ1) is 16.9. The van der Waals surface area contributed by atoms with Crippen LogP contribution in [0.4, 0.5) is 10.1 Å². The molecule has 0 unspecified atom stereocenters. The number of hydrogen-bond donors (Lipinski definition) is 1. The summed E-state index contributed by atoms with van der Waals surface area (Å²) in [6, 6.07) is 21.2. The molecule has 1 aliphatic heterocycles. The van der Waals surface area contributed by atoms with Crippen LogP contribution in [0.5, 0.6) is 0 Å². The number of benzene rings is 3. The zero-order valence-corrected chi connectivity index (χ0v) is 20.5. The Morgan fingerprint density at radius 3 is 2.37 bits per heavy atom. The summed E-state index contributed by atoms with van der Waals surface area (Å²) in [7, 11) is 0. The van der Waals surface area contributed by atoms with Crippen molar-refractivity contribution in [2.45, 2.75) is 25.7 Å². The topological polar surface area (TPSA) is 86.3 Å². The molecule has 0 spiro atoms. The highest BCUT2D eigenvalue weighted by Gasteiger charge is 2.41. The molecule has 0 aliphatic carbocycles. The Bertz CT molecular complexity index is 1340. The number of halogens is 2. The molecule has 5 rings (SSSR count). The van der Waals surface area contributed by atoms with Crippen molar-refractivity contribution in [1.29, 1.82) is 0 Å². The fourth-order valence-electron chi connectivity index (χ4n) is 4.03. The van der Waals surface area contributed by atoms with E-state index < -0.39 is 12.3 Å². The van der Waals surface area contributed by atoms with Crippen LogP contribution in [0.3, 0.4) is 0 Å². The predicted molar refractivity (Wildman–Crippen MR) is 134 cm³/mol. The van der Waals surface area contributed by atoms with Crippen molar-refractivity contribution in [3.8, 4) is 16.9 Å². The molecule has 2 N–H and O–H groups in total. The summed E-state index contributed by atoms with van der Waals surface area (Å²) in [5, 5.41) is 9.44. The number of carbonyl (C=O) groups is 1. The molecule has 2 heterocycles. The van der Waals surface area contributed by atoms with E-state index in [0.29, 0.717) is 35.6 Å². The monoisotopic (exact) mass is 535 g/mol. The van der Waals surface area contributed by atoms with Gasteiger partial charge in [0, 0.05) is 22.3 Å². The fraction of sp³-hybridized carbons (Fsp3) is 0.192. The van der Waals surface area contributed by atoms with Gasteiger partial charge in [0.25, 0.3) is 5.91 Å². The summed E-state index contributed by atoms with van der Waals surface area (Å²) in [5.74, 6) is -0.463. The largest absolute Gasteiger partial charge is 0.399 e. The van der Waals surface area contributed by atoms with E-state index in [9.17, 15) is 9.18 Å². The molecule has 1 saturated heterocycles. The van der Waals surface area contributed by atoms with Crippen LogP contribution in [0, 0.1) is 5.82 Å². The zero-order valence-electron chi connectivity index (χ0n) is 18.9. The number of nitrogens with two attached hydrogens (primary N) is 1. The molecule has 7 nitrogen and oxygen atoms in total. The van der Waals surface area contributed by atoms with Gasteiger partial charge in [-0.1, -0.05) is 28.1 Å². The lowest BCUT2D eigenvalue weighted by atomic mass is 10.1. The van der Waals surface area contributed by atoms with Crippen LogP contribution in [0.15, 0.2) is 77.3 Å². The van der Waals surface area contributed by atoms with Crippen LogP contribution in [0.1, 0.15) is 24.4 Å². The molecule has 2 atom stereocenters. The number of hydrogen-bond acceptors (Lipinski definition) is 5. The molecule has 35 heavy (non-hydrogen) atoms. The maximum absolute atomic E-state index is 13.6. The predicted octanol–water partition coefficient (Wildman–Crippen LogP) is 4.91. The van der Waals surface area contributed by atoms with Gasteiger partial charge >= 0.3 is 0 Å². The second-order valence-electron chi connectivity index (χ2n) is 8.36. The van der Waals surface area contributed by atoms with Crippen LogP contribution in [0.2, 0.25) is 0 Å². The van der Waals surface area contributed by atoms with Gasteiger partial charge in [-0.3, -0.25) is 4.79 Å². The molecule has 1 fully saturated rings. The number of rotatable bonds is 6. The first-order valence-electron chi connectivity index (χ1n) is 11.2. The van der Waals surface area contributed by atoms with Crippen LogP contribution in [0.25, 0.3) is 16.9 Å². The molecule has 3 aromatic carbocycles. The van der Waals surface area contributed by atoms with Gasteiger partial charge in [0.1, 0.15) is 23.3 Å². The Hall–Kier alpha value is -3.56. The molecule has 1 aliphatic rings. The third-order valence-corrected chi connectivity index (χ3v) is 6.45. The average molecular weight is 536 g/mol. The SMILES string of the molecule is C[C@@H]1O[C@H](c2nn(-c3ccc(Br)cc3)nc2-c2ccc(F)cc2)N(CCc2ccc(N)cc2)C1=O. The number of carbonyl (C=O) groups excluding carboxylic acids is 1. The molecule has 178 valence electrons. The van der Waals surface area contributed by atoms with Crippen LogP contribution < -0.4 is 5.73 Å². The Labute approximate surface area is 210 Å². The van der Waals surface area contributed by atoms with E-state index in [1.807, 2.05) is 48.5 Å². The Kier molecular flexibility index (Phi) is 6.36. The van der Waals surface area contributed by atoms with Crippen molar-refractivity contribution in [3.63, 3.8) is 0 Å². The second-order valence-corrected chi connectivity index (χ2v) is 9.28. The first-order valence-corrected chi connectivity index (χ1v) is 12.0. The van der Waals surface area contributed by atoms with Crippen molar-refractivity contribution in [1.82, 2.24) is 19.9 Å². The van der Waals surface area contributed by atoms with Gasteiger partial charge < -0.3 is 15.4 Å². The zero-order chi connectivity index (χ0) is 24.5. The second kappa shape index (κ2) is 9.59. The van der Waals surface area contributed by atoms with Gasteiger partial charge in [-0.25, -0.2) is 4.39 Å². The first kappa shape index (κ1) is 23.2. The maximum Gasteiger partial charge on any atom is 0.253 e. The van der Waals surface area contributed by atoms with E-state index >= 15 is 0 Å². The van der Waals surface area contributed by atoms with Crippen LogP contribution in [-0.2, 0) is 16.0 Å². The van der Waals surface area contributed by atoms with Crippen molar-refractivity contribution in [3.05, 3.63) is 94.3 Å². The smallest absolute Gasteiger partial charge is 0.253 e. The highest BCUT2D eigenvalue weighted by molar-refractivity contribution is 9.10. The Morgan fingerprint density at radius 1 is 1.00 bits per heavy atom. The molecule has 0 saturated carbocycles. The van der Waals surface area contributed by atoms with Crippen molar-refractivity contribution < 1.29 is 13.9 Å². The van der Waals surface area contributed by atoms with Crippen molar-refractivity contribution >= 4 is 27.5 Å². The lowest BCUT2D eigenvalue weighted by molar-refractivity contribution is -0.130. The molecule has 1 amide bonds. The molecule has 1 aromatic heterocycles. The maximum atomic E-state index is 13.6. The van der Waals surface area contributed by atoms with E-state index in [-0.39, 0.29) is 11.7 Å². The highest BCUT2D eigenvalue weighted by atomic mass is 79.9. The summed E-state index contributed by atoms with van der Waals surface area (Å²) in [5.41, 5.74) is 9.99. The highest BCUT2D eigenvalue weighted by Crippen LogP contribution is 2.36. The third-order valence-electron chi connectivity index (χ3n) is 5.92. The minimum atomic E-state index is -0.726. The fourth-order valence-corrected chi connectivity index (χ4v) is 4.30. The van der Waals surface area contributed by atoms with Gasteiger partial charge in [0.05, 0.1) is 5.69 Å². The van der Waals surface area contributed by atoms with Crippen LogP contribution in [-0.4, -0.2) is 38.4 Å². The number of anilines is 1. The minimum Gasteiger partial charge on any atom is -0.399 e. The molecule has 4 aromatic rings. The minimum absolute atomic E-state index is 0.117. The number of aromatic nitrogens is 3. The lowest BCUT2D eigenvalue weighted by Gasteiger charge is -2.22. The molecule has 0 radical (unpaired) electrons.